The molecule has 2 aromatic carbocycles. The number of aromatic nitrogens is 1. The van der Waals surface area contributed by atoms with Crippen LogP contribution in [0.2, 0.25) is 0 Å². The summed E-state index contributed by atoms with van der Waals surface area (Å²) in [6.07, 6.45) is 1.37. The molecule has 1 aromatic heterocycles. The summed E-state index contributed by atoms with van der Waals surface area (Å²) in [6, 6.07) is 13.1. The van der Waals surface area contributed by atoms with E-state index in [1.165, 1.54) is 9.80 Å². The first kappa shape index (κ1) is 19.7. The number of piperazine rings is 1. The van der Waals surface area contributed by atoms with Crippen molar-refractivity contribution >= 4 is 28.5 Å². The average Bonchev–Trinajstić information content (AvgIpc) is 3.56. The highest BCUT2D eigenvalue weighted by atomic mass is 16.7. The normalized spacial score (nSPS) is 19.5. The van der Waals surface area contributed by atoms with Crippen LogP contribution in [-0.4, -0.2) is 58.2 Å². The molecule has 0 spiro atoms. The number of carbonyl (C=O) groups is 2. The second kappa shape index (κ2) is 7.56. The molecule has 1 saturated heterocycles. The molecule has 3 aliphatic heterocycles. The van der Waals surface area contributed by atoms with E-state index in [1.807, 2.05) is 30.3 Å². The summed E-state index contributed by atoms with van der Waals surface area (Å²) in [6.45, 7) is 0.282. The molecule has 2 amide bonds. The maximum atomic E-state index is 13.5. The Morgan fingerprint density at radius 3 is 2.82 bits per heavy atom. The van der Waals surface area contributed by atoms with Gasteiger partial charge in [-0.2, -0.15) is 0 Å². The van der Waals surface area contributed by atoms with Gasteiger partial charge < -0.3 is 29.2 Å². The number of benzene rings is 2. The topological polar surface area (TPSA) is 104 Å². The molecule has 9 heteroatoms. The third-order valence-corrected chi connectivity index (χ3v) is 6.11. The molecule has 6 rings (SSSR count). The summed E-state index contributed by atoms with van der Waals surface area (Å²) in [7, 11) is 0. The van der Waals surface area contributed by atoms with Crippen molar-refractivity contribution in [3.05, 3.63) is 65.5 Å². The molecule has 3 aliphatic rings. The maximum absolute atomic E-state index is 13.5. The number of rotatable bonds is 5. The third kappa shape index (κ3) is 3.04. The van der Waals surface area contributed by atoms with Crippen LogP contribution in [0, 0.1) is 0 Å². The van der Waals surface area contributed by atoms with Crippen molar-refractivity contribution in [1.82, 2.24) is 14.8 Å². The van der Waals surface area contributed by atoms with E-state index >= 15 is 0 Å². The number of fused-ring (bicyclic) bond motifs is 3. The van der Waals surface area contributed by atoms with Crippen molar-refractivity contribution in [3.63, 3.8) is 0 Å². The van der Waals surface area contributed by atoms with Crippen LogP contribution in [0.25, 0.3) is 16.7 Å². The molecule has 3 aromatic rings. The molecule has 9 nitrogen and oxygen atoms in total. The maximum Gasteiger partial charge on any atom is 0.275 e. The van der Waals surface area contributed by atoms with E-state index in [9.17, 15) is 14.7 Å². The fourth-order valence-corrected chi connectivity index (χ4v) is 4.54. The summed E-state index contributed by atoms with van der Waals surface area (Å²) in [4.78, 5) is 32.9. The Morgan fingerprint density at radius 2 is 1.94 bits per heavy atom. The SMILES string of the molecule is O=C1C2=C(c3c[nH]c4ccccc34)OC(c3ccc4c(c3)OCO4)N2C(=O)CN1CCCO. The number of hydrogen-bond acceptors (Lipinski definition) is 6. The lowest BCUT2D eigenvalue weighted by atomic mass is 10.1. The Balaban J connectivity index is 1.48. The van der Waals surface area contributed by atoms with Crippen molar-refractivity contribution in [1.29, 1.82) is 0 Å². The van der Waals surface area contributed by atoms with Crippen LogP contribution in [0.5, 0.6) is 11.5 Å². The Hall–Kier alpha value is -3.98. The van der Waals surface area contributed by atoms with Gasteiger partial charge in [0.1, 0.15) is 6.54 Å². The van der Waals surface area contributed by atoms with Gasteiger partial charge in [0.05, 0.1) is 0 Å². The Kier molecular flexibility index (Phi) is 4.51. The van der Waals surface area contributed by atoms with Gasteiger partial charge in [-0.05, 0) is 30.7 Å². The molecular weight excluding hydrogens is 426 g/mol. The molecule has 0 radical (unpaired) electrons. The van der Waals surface area contributed by atoms with Crippen molar-refractivity contribution in [2.45, 2.75) is 12.6 Å². The van der Waals surface area contributed by atoms with Crippen LogP contribution in [0.3, 0.4) is 0 Å². The first-order chi connectivity index (χ1) is 16.2. The number of H-pyrrole nitrogens is 1. The van der Waals surface area contributed by atoms with Gasteiger partial charge >= 0.3 is 0 Å². The molecule has 1 unspecified atom stereocenters. The number of nitrogens with one attached hydrogen (secondary N) is 1. The van der Waals surface area contributed by atoms with Gasteiger partial charge in [0, 0.05) is 41.4 Å². The zero-order valence-corrected chi connectivity index (χ0v) is 17.6. The molecule has 168 valence electrons. The molecule has 1 atom stereocenters. The van der Waals surface area contributed by atoms with Crippen LogP contribution in [0.15, 0.2) is 54.4 Å². The predicted molar refractivity (Wildman–Crippen MR) is 117 cm³/mol. The number of para-hydroxylation sites is 1. The fraction of sp³-hybridized carbons (Fsp3) is 0.250. The van der Waals surface area contributed by atoms with Crippen LogP contribution in [0.4, 0.5) is 0 Å². The van der Waals surface area contributed by atoms with Crippen molar-refractivity contribution < 1.29 is 28.9 Å². The summed E-state index contributed by atoms with van der Waals surface area (Å²) < 4.78 is 17.3. The number of carbonyl (C=O) groups excluding carboxylic acids is 2. The molecule has 2 N–H and O–H groups in total. The molecular formula is C24H21N3O6. The van der Waals surface area contributed by atoms with Crippen LogP contribution >= 0.6 is 0 Å². The quantitative estimate of drug-likeness (QED) is 0.622. The van der Waals surface area contributed by atoms with E-state index in [2.05, 4.69) is 4.98 Å². The molecule has 0 bridgehead atoms. The lowest BCUT2D eigenvalue weighted by Gasteiger charge is -2.34. The van der Waals surface area contributed by atoms with E-state index < -0.39 is 6.23 Å². The first-order valence-corrected chi connectivity index (χ1v) is 10.7. The van der Waals surface area contributed by atoms with Crippen molar-refractivity contribution in [2.75, 3.05) is 26.5 Å². The Labute approximate surface area is 188 Å². The summed E-state index contributed by atoms with van der Waals surface area (Å²) >= 11 is 0. The number of nitrogens with zero attached hydrogens (tertiary/aromatic N) is 2. The van der Waals surface area contributed by atoms with Gasteiger partial charge in [-0.1, -0.05) is 18.2 Å². The minimum Gasteiger partial charge on any atom is -0.463 e. The zero-order valence-electron chi connectivity index (χ0n) is 17.6. The van der Waals surface area contributed by atoms with Crippen molar-refractivity contribution in [3.8, 4) is 11.5 Å². The number of aliphatic hydroxyl groups is 1. The summed E-state index contributed by atoms with van der Waals surface area (Å²) in [5.74, 6) is 0.991. The van der Waals surface area contributed by atoms with Gasteiger partial charge in [0.2, 0.25) is 18.9 Å². The molecule has 0 aliphatic carbocycles. The van der Waals surface area contributed by atoms with Crippen LogP contribution in [-0.2, 0) is 14.3 Å². The molecule has 0 saturated carbocycles. The monoisotopic (exact) mass is 447 g/mol. The number of aromatic amines is 1. The number of ether oxygens (including phenoxy) is 3. The lowest BCUT2D eigenvalue weighted by Crippen LogP contribution is -2.51. The zero-order chi connectivity index (χ0) is 22.5. The van der Waals surface area contributed by atoms with Gasteiger partial charge in [0.15, 0.2) is 23.0 Å². The predicted octanol–water partition coefficient (Wildman–Crippen LogP) is 2.35. The van der Waals surface area contributed by atoms with Crippen LogP contribution in [0.1, 0.15) is 23.8 Å². The average molecular weight is 447 g/mol. The highest BCUT2D eigenvalue weighted by Gasteiger charge is 2.48. The number of hydrogen-bond donors (Lipinski definition) is 2. The fourth-order valence-electron chi connectivity index (χ4n) is 4.54. The number of aliphatic hydroxyl groups excluding tert-OH is 1. The van der Waals surface area contributed by atoms with Crippen molar-refractivity contribution in [2.24, 2.45) is 0 Å². The smallest absolute Gasteiger partial charge is 0.275 e. The highest BCUT2D eigenvalue weighted by molar-refractivity contribution is 6.10. The van der Waals surface area contributed by atoms with E-state index in [-0.39, 0.29) is 44.0 Å². The second-order valence-electron chi connectivity index (χ2n) is 8.08. The van der Waals surface area contributed by atoms with Gasteiger partial charge in [-0.15, -0.1) is 0 Å². The Bertz CT molecular complexity index is 1310. The van der Waals surface area contributed by atoms with Crippen LogP contribution < -0.4 is 9.47 Å². The summed E-state index contributed by atoms with van der Waals surface area (Å²) in [5.41, 5.74) is 2.49. The molecule has 1 fully saturated rings. The minimum atomic E-state index is -0.811. The number of amides is 2. The van der Waals surface area contributed by atoms with Gasteiger partial charge in [0.25, 0.3) is 5.91 Å². The second-order valence-corrected chi connectivity index (χ2v) is 8.08. The van der Waals surface area contributed by atoms with E-state index in [0.29, 0.717) is 34.8 Å². The summed E-state index contributed by atoms with van der Waals surface area (Å²) in [5, 5.41) is 10.1. The van der Waals surface area contributed by atoms with E-state index in [1.54, 1.807) is 18.3 Å². The molecule has 33 heavy (non-hydrogen) atoms. The largest absolute Gasteiger partial charge is 0.463 e. The van der Waals surface area contributed by atoms with Gasteiger partial charge in [-0.3, -0.25) is 14.5 Å². The standard InChI is InChI=1S/C24H21N3O6/c28-9-3-8-26-12-20(29)27-21(23(26)30)22(16-11-25-17-5-2-1-4-15(16)17)33-24(27)14-6-7-18-19(10-14)32-13-31-18/h1-2,4-7,10-11,24-25,28H,3,8-9,12-13H2. The highest BCUT2D eigenvalue weighted by Crippen LogP contribution is 2.46. The van der Waals surface area contributed by atoms with E-state index in [0.717, 1.165) is 10.9 Å². The van der Waals surface area contributed by atoms with E-state index in [4.69, 9.17) is 14.2 Å². The Morgan fingerprint density at radius 1 is 1.09 bits per heavy atom. The lowest BCUT2D eigenvalue weighted by molar-refractivity contribution is -0.149. The van der Waals surface area contributed by atoms with Gasteiger partial charge in [-0.25, -0.2) is 0 Å². The molecule has 4 heterocycles. The minimum absolute atomic E-state index is 0.0631. The third-order valence-electron chi connectivity index (χ3n) is 6.11. The first-order valence-electron chi connectivity index (χ1n) is 10.7.